The Morgan fingerprint density at radius 2 is 1.83 bits per heavy atom. The second-order valence-electron chi connectivity index (χ2n) is 6.45. The lowest BCUT2D eigenvalue weighted by molar-refractivity contribution is -0.938. The van der Waals surface area contributed by atoms with E-state index in [0.29, 0.717) is 6.04 Å². The fourth-order valence-electron chi connectivity index (χ4n) is 3.02. The molecule has 126 valence electrons. The number of benzene rings is 2. The zero-order valence-corrected chi connectivity index (χ0v) is 14.3. The summed E-state index contributed by atoms with van der Waals surface area (Å²) < 4.78 is 5.22. The van der Waals surface area contributed by atoms with E-state index >= 15 is 0 Å². The van der Waals surface area contributed by atoms with Crippen LogP contribution in [0.4, 0.5) is 5.69 Å². The molecule has 0 aliphatic heterocycles. The first-order valence-electron chi connectivity index (χ1n) is 8.52. The smallest absolute Gasteiger partial charge is 0.282 e. The Hall–Kier alpha value is -2.33. The average molecular weight is 325 g/mol. The first-order chi connectivity index (χ1) is 11.7. The minimum absolute atomic E-state index is 0.0802. The Morgan fingerprint density at radius 1 is 1.17 bits per heavy atom. The molecule has 4 heteroatoms. The van der Waals surface area contributed by atoms with Gasteiger partial charge in [0.2, 0.25) is 0 Å². The van der Waals surface area contributed by atoms with Gasteiger partial charge in [-0.25, -0.2) is 0 Å². The van der Waals surface area contributed by atoms with E-state index in [4.69, 9.17) is 4.74 Å². The molecule has 1 fully saturated rings. The molecule has 0 aromatic heterocycles. The summed E-state index contributed by atoms with van der Waals surface area (Å²) in [6.45, 7) is 2.88. The predicted octanol–water partition coefficient (Wildman–Crippen LogP) is 2.27. The molecule has 0 spiro atoms. The molecule has 24 heavy (non-hydrogen) atoms. The van der Waals surface area contributed by atoms with Crippen molar-refractivity contribution in [3.63, 3.8) is 0 Å². The summed E-state index contributed by atoms with van der Waals surface area (Å²) in [6.07, 6.45) is 2.41. The Morgan fingerprint density at radius 3 is 2.42 bits per heavy atom. The molecule has 4 nitrogen and oxygen atoms in total. The van der Waals surface area contributed by atoms with Crippen LogP contribution in [0.5, 0.6) is 5.75 Å². The Labute approximate surface area is 143 Å². The second-order valence-corrected chi connectivity index (χ2v) is 6.45. The summed E-state index contributed by atoms with van der Waals surface area (Å²) in [5, 5.41) is 3.03. The number of carbonyl (C=O) groups excluding carboxylic acids is 1. The monoisotopic (exact) mass is 325 g/mol. The molecule has 1 saturated carbocycles. The lowest BCUT2D eigenvalue weighted by Gasteiger charge is -2.25. The molecule has 0 radical (unpaired) electrons. The number of ether oxygens (including phenoxy) is 1. The molecule has 2 aromatic carbocycles. The SMILES string of the molecule is COc1ccc(C[NH+](C2CC2)[C@@H](C)C(=O)Nc2ccccc2)cc1. The number of hydrogen-bond acceptors (Lipinski definition) is 2. The molecular weight excluding hydrogens is 300 g/mol. The summed E-state index contributed by atoms with van der Waals surface area (Å²) in [7, 11) is 1.67. The van der Waals surface area contributed by atoms with Gasteiger partial charge >= 0.3 is 0 Å². The van der Waals surface area contributed by atoms with E-state index in [2.05, 4.69) is 17.4 Å². The largest absolute Gasteiger partial charge is 0.497 e. The topological polar surface area (TPSA) is 42.8 Å². The summed E-state index contributed by atoms with van der Waals surface area (Å²) in [6, 6.07) is 18.3. The van der Waals surface area contributed by atoms with Crippen molar-refractivity contribution >= 4 is 11.6 Å². The highest BCUT2D eigenvalue weighted by molar-refractivity contribution is 5.93. The quantitative estimate of drug-likeness (QED) is 0.820. The van der Waals surface area contributed by atoms with Crippen molar-refractivity contribution in [3.05, 3.63) is 60.2 Å². The number of carbonyl (C=O) groups is 1. The van der Waals surface area contributed by atoms with Gasteiger partial charge in [-0.1, -0.05) is 18.2 Å². The number of nitrogens with one attached hydrogen (secondary N) is 2. The fraction of sp³-hybridized carbons (Fsp3) is 0.350. The summed E-state index contributed by atoms with van der Waals surface area (Å²) in [4.78, 5) is 14.0. The van der Waals surface area contributed by atoms with Crippen LogP contribution >= 0.6 is 0 Å². The predicted molar refractivity (Wildman–Crippen MR) is 95.2 cm³/mol. The number of quaternary nitrogens is 1. The molecular formula is C20H25N2O2+. The molecule has 0 bridgehead atoms. The van der Waals surface area contributed by atoms with Crippen LogP contribution in [0.25, 0.3) is 0 Å². The third kappa shape index (κ3) is 4.15. The summed E-state index contributed by atoms with van der Waals surface area (Å²) in [5.41, 5.74) is 2.09. The normalized spacial score (nSPS) is 16.2. The van der Waals surface area contributed by atoms with Crippen molar-refractivity contribution in [2.45, 2.75) is 38.4 Å². The minimum atomic E-state index is -0.0835. The van der Waals surface area contributed by atoms with E-state index in [0.717, 1.165) is 18.0 Å². The van der Waals surface area contributed by atoms with Gasteiger partial charge in [-0.05, 0) is 43.3 Å². The van der Waals surface area contributed by atoms with Gasteiger partial charge in [0.25, 0.3) is 5.91 Å². The van der Waals surface area contributed by atoms with Gasteiger partial charge in [-0.3, -0.25) is 4.79 Å². The van der Waals surface area contributed by atoms with Crippen LogP contribution in [0.2, 0.25) is 0 Å². The lowest BCUT2D eigenvalue weighted by Crippen LogP contribution is -3.16. The molecule has 1 unspecified atom stereocenters. The van der Waals surface area contributed by atoms with Crippen LogP contribution in [-0.2, 0) is 11.3 Å². The van der Waals surface area contributed by atoms with E-state index in [1.165, 1.54) is 23.3 Å². The van der Waals surface area contributed by atoms with Crippen LogP contribution < -0.4 is 15.0 Å². The number of methoxy groups -OCH3 is 1. The standard InChI is InChI=1S/C20H24N2O2/c1-15(20(23)21-17-6-4-3-5-7-17)22(18-10-11-18)14-16-8-12-19(24-2)13-9-16/h3-9,12-13,15,18H,10-11,14H2,1-2H3,(H,21,23)/p+1/t15-/m0/s1. The van der Waals surface area contributed by atoms with Crippen LogP contribution in [0.3, 0.4) is 0 Å². The van der Waals surface area contributed by atoms with Gasteiger partial charge in [-0.2, -0.15) is 0 Å². The molecule has 0 heterocycles. The average Bonchev–Trinajstić information content (AvgIpc) is 3.45. The minimum Gasteiger partial charge on any atom is -0.497 e. The first kappa shape index (κ1) is 16.5. The Bertz CT molecular complexity index is 666. The van der Waals surface area contributed by atoms with Crippen molar-refractivity contribution in [2.75, 3.05) is 12.4 Å². The van der Waals surface area contributed by atoms with Crippen molar-refractivity contribution in [1.29, 1.82) is 0 Å². The number of hydrogen-bond donors (Lipinski definition) is 2. The molecule has 1 aliphatic carbocycles. The number of rotatable bonds is 7. The molecule has 1 aliphatic rings. The van der Waals surface area contributed by atoms with Crippen molar-refractivity contribution in [2.24, 2.45) is 0 Å². The van der Waals surface area contributed by atoms with Crippen LogP contribution in [0.15, 0.2) is 54.6 Å². The van der Waals surface area contributed by atoms with Crippen LogP contribution in [0.1, 0.15) is 25.3 Å². The van der Waals surface area contributed by atoms with Gasteiger partial charge in [0.15, 0.2) is 6.04 Å². The van der Waals surface area contributed by atoms with Gasteiger partial charge in [0.05, 0.1) is 13.2 Å². The number of para-hydroxylation sites is 1. The summed E-state index contributed by atoms with van der Waals surface area (Å²) in [5.74, 6) is 0.943. The second kappa shape index (κ2) is 7.49. The highest BCUT2D eigenvalue weighted by Gasteiger charge is 2.39. The molecule has 3 rings (SSSR count). The maximum Gasteiger partial charge on any atom is 0.282 e. The van der Waals surface area contributed by atoms with Gasteiger partial charge < -0.3 is 15.0 Å². The van der Waals surface area contributed by atoms with Gasteiger partial charge in [0.1, 0.15) is 12.3 Å². The molecule has 2 aromatic rings. The molecule has 2 atom stereocenters. The van der Waals surface area contributed by atoms with E-state index in [-0.39, 0.29) is 11.9 Å². The van der Waals surface area contributed by atoms with Crippen LogP contribution in [0, 0.1) is 0 Å². The van der Waals surface area contributed by atoms with Crippen molar-refractivity contribution in [1.82, 2.24) is 0 Å². The first-order valence-corrected chi connectivity index (χ1v) is 8.52. The third-order valence-electron chi connectivity index (χ3n) is 4.66. The van der Waals surface area contributed by atoms with E-state index in [1.807, 2.05) is 49.4 Å². The van der Waals surface area contributed by atoms with Gasteiger partial charge in [0, 0.05) is 24.1 Å². The van der Waals surface area contributed by atoms with Crippen molar-refractivity contribution < 1.29 is 14.4 Å². The number of anilines is 1. The zero-order chi connectivity index (χ0) is 16.9. The Kier molecular flexibility index (Phi) is 5.16. The third-order valence-corrected chi connectivity index (χ3v) is 4.66. The van der Waals surface area contributed by atoms with Crippen LogP contribution in [-0.4, -0.2) is 25.1 Å². The zero-order valence-electron chi connectivity index (χ0n) is 14.3. The molecule has 2 N–H and O–H groups in total. The fourth-order valence-corrected chi connectivity index (χ4v) is 3.02. The molecule has 0 saturated heterocycles. The van der Waals surface area contributed by atoms with E-state index in [9.17, 15) is 4.79 Å². The van der Waals surface area contributed by atoms with Crippen molar-refractivity contribution in [3.8, 4) is 5.75 Å². The number of amides is 1. The van der Waals surface area contributed by atoms with Gasteiger partial charge in [-0.15, -0.1) is 0 Å². The maximum absolute atomic E-state index is 12.6. The van der Waals surface area contributed by atoms with E-state index in [1.54, 1.807) is 7.11 Å². The highest BCUT2D eigenvalue weighted by Crippen LogP contribution is 2.18. The maximum atomic E-state index is 12.6. The van der Waals surface area contributed by atoms with E-state index < -0.39 is 0 Å². The summed E-state index contributed by atoms with van der Waals surface area (Å²) >= 11 is 0. The molecule has 1 amide bonds. The lowest BCUT2D eigenvalue weighted by atomic mass is 10.1. The Balaban J connectivity index is 1.66. The highest BCUT2D eigenvalue weighted by atomic mass is 16.5.